The quantitative estimate of drug-likeness (QED) is 0.806. The number of rotatable bonds is 3. The topological polar surface area (TPSA) is 88.3 Å². The first-order chi connectivity index (χ1) is 13.2. The summed E-state index contributed by atoms with van der Waals surface area (Å²) >= 11 is 0. The molecule has 1 aliphatic rings. The minimum atomic E-state index is -0.567. The summed E-state index contributed by atoms with van der Waals surface area (Å²) < 4.78 is 24.9. The van der Waals surface area contributed by atoms with Gasteiger partial charge in [-0.15, -0.1) is 0 Å². The van der Waals surface area contributed by atoms with Gasteiger partial charge >= 0.3 is 12.1 Å². The van der Waals surface area contributed by atoms with Crippen molar-refractivity contribution in [1.82, 2.24) is 14.9 Å². The van der Waals surface area contributed by atoms with Gasteiger partial charge in [0.2, 0.25) is 0 Å². The minimum Gasteiger partial charge on any atom is -0.458 e. The van der Waals surface area contributed by atoms with Crippen molar-refractivity contribution in [3.05, 3.63) is 52.6 Å². The molecule has 28 heavy (non-hydrogen) atoms. The Kier molecular flexibility index (Phi) is 5.45. The highest BCUT2D eigenvalue weighted by Crippen LogP contribution is 2.21. The maximum Gasteiger partial charge on any atom is 0.410 e. The van der Waals surface area contributed by atoms with Gasteiger partial charge in [0, 0.05) is 18.3 Å². The first kappa shape index (κ1) is 19.5. The average molecular weight is 384 g/mol. The molecule has 3 rings (SSSR count). The fraction of sp³-hybridized carbons (Fsp3) is 0.400. The van der Waals surface area contributed by atoms with Crippen LogP contribution in [0.3, 0.4) is 0 Å². The van der Waals surface area contributed by atoms with Gasteiger partial charge in [-0.25, -0.2) is 14.2 Å². The van der Waals surface area contributed by atoms with Crippen LogP contribution in [0, 0.1) is 17.1 Å². The molecule has 8 heteroatoms. The second-order valence-electron chi connectivity index (χ2n) is 7.48. The number of amides is 1. The predicted molar refractivity (Wildman–Crippen MR) is 97.8 cm³/mol. The lowest BCUT2D eigenvalue weighted by Gasteiger charge is -2.30. The molecule has 146 valence electrons. The van der Waals surface area contributed by atoms with Gasteiger partial charge in [-0.05, 0) is 44.9 Å². The largest absolute Gasteiger partial charge is 0.458 e. The van der Waals surface area contributed by atoms with Gasteiger partial charge in [0.25, 0.3) is 0 Å². The molecular weight excluding hydrogens is 363 g/mol. The number of hydrogen-bond donors (Lipinski definition) is 0. The van der Waals surface area contributed by atoms with E-state index in [2.05, 4.69) is 9.97 Å². The molecule has 0 saturated carbocycles. The standard InChI is InChI=1S/C20H21FN4O3/c1-20(2,3)28-19(26)25-7-6-14-10-23-18(24-17(14)11-25)27-12-15-5-4-13(9-22)8-16(15)21/h4-5,8,10H,6-7,11-12H2,1-3H3. The van der Waals surface area contributed by atoms with Crippen LogP contribution in [-0.4, -0.2) is 33.1 Å². The third-order valence-corrected chi connectivity index (χ3v) is 4.11. The van der Waals surface area contributed by atoms with Crippen molar-refractivity contribution >= 4 is 6.09 Å². The maximum atomic E-state index is 14.0. The molecule has 2 aromatic rings. The summed E-state index contributed by atoms with van der Waals surface area (Å²) in [5.74, 6) is -0.520. The van der Waals surface area contributed by atoms with Crippen LogP contribution in [0.25, 0.3) is 0 Å². The van der Waals surface area contributed by atoms with Gasteiger partial charge in [0.05, 0.1) is 23.9 Å². The first-order valence-electron chi connectivity index (χ1n) is 8.89. The van der Waals surface area contributed by atoms with Crippen molar-refractivity contribution in [3.63, 3.8) is 0 Å². The van der Waals surface area contributed by atoms with Crippen LogP contribution < -0.4 is 4.74 Å². The van der Waals surface area contributed by atoms with E-state index in [9.17, 15) is 9.18 Å². The summed E-state index contributed by atoms with van der Waals surface area (Å²) in [6.07, 6.45) is 1.90. The van der Waals surface area contributed by atoms with E-state index < -0.39 is 11.4 Å². The molecule has 1 aliphatic heterocycles. The number of carbonyl (C=O) groups excluding carboxylic acids is 1. The fourth-order valence-electron chi connectivity index (χ4n) is 2.71. The Morgan fingerprint density at radius 1 is 1.39 bits per heavy atom. The number of nitrogens with zero attached hydrogens (tertiary/aromatic N) is 4. The van der Waals surface area contributed by atoms with E-state index in [0.717, 1.165) is 11.6 Å². The van der Waals surface area contributed by atoms with Crippen LogP contribution in [0.5, 0.6) is 6.01 Å². The number of benzene rings is 1. The van der Waals surface area contributed by atoms with E-state index in [1.807, 2.05) is 26.8 Å². The van der Waals surface area contributed by atoms with Crippen molar-refractivity contribution in [2.45, 2.75) is 45.9 Å². The summed E-state index contributed by atoms with van der Waals surface area (Å²) in [7, 11) is 0. The van der Waals surface area contributed by atoms with E-state index in [1.54, 1.807) is 11.1 Å². The summed E-state index contributed by atoms with van der Waals surface area (Å²) in [6.45, 7) is 6.22. The number of nitriles is 1. The molecule has 7 nitrogen and oxygen atoms in total. The number of ether oxygens (including phenoxy) is 2. The molecule has 0 N–H and O–H groups in total. The number of hydrogen-bond acceptors (Lipinski definition) is 6. The molecule has 0 aliphatic carbocycles. The van der Waals surface area contributed by atoms with Crippen LogP contribution >= 0.6 is 0 Å². The Morgan fingerprint density at radius 2 is 2.18 bits per heavy atom. The molecule has 0 fully saturated rings. The third kappa shape index (κ3) is 4.74. The van der Waals surface area contributed by atoms with Gasteiger partial charge < -0.3 is 14.4 Å². The zero-order valence-electron chi connectivity index (χ0n) is 16.0. The lowest BCUT2D eigenvalue weighted by atomic mass is 10.1. The Morgan fingerprint density at radius 3 is 2.86 bits per heavy atom. The van der Waals surface area contributed by atoms with Gasteiger partial charge in [0.1, 0.15) is 18.0 Å². The SMILES string of the molecule is CC(C)(C)OC(=O)N1CCc2cnc(OCc3ccc(C#N)cc3F)nc2C1. The number of carbonyl (C=O) groups is 1. The van der Waals surface area contributed by atoms with Crippen molar-refractivity contribution < 1.29 is 18.7 Å². The highest BCUT2D eigenvalue weighted by molar-refractivity contribution is 5.68. The lowest BCUT2D eigenvalue weighted by molar-refractivity contribution is 0.0220. The molecule has 0 radical (unpaired) electrons. The number of aromatic nitrogens is 2. The highest BCUT2D eigenvalue weighted by Gasteiger charge is 2.27. The number of fused-ring (bicyclic) bond motifs is 1. The summed E-state index contributed by atoms with van der Waals surface area (Å²) in [5.41, 5.74) is 1.60. The van der Waals surface area contributed by atoms with Crippen LogP contribution in [0.15, 0.2) is 24.4 Å². The van der Waals surface area contributed by atoms with E-state index in [-0.39, 0.29) is 24.3 Å². The van der Waals surface area contributed by atoms with E-state index in [1.165, 1.54) is 12.1 Å². The smallest absolute Gasteiger partial charge is 0.410 e. The van der Waals surface area contributed by atoms with Gasteiger partial charge in [-0.2, -0.15) is 10.2 Å². The molecule has 2 heterocycles. The lowest BCUT2D eigenvalue weighted by Crippen LogP contribution is -2.40. The van der Waals surface area contributed by atoms with Gasteiger partial charge in [0.15, 0.2) is 0 Å². The first-order valence-corrected chi connectivity index (χ1v) is 8.89. The van der Waals surface area contributed by atoms with E-state index >= 15 is 0 Å². The molecule has 0 bridgehead atoms. The van der Waals surface area contributed by atoms with E-state index in [4.69, 9.17) is 14.7 Å². The predicted octanol–water partition coefficient (Wildman–Crippen LogP) is 3.36. The van der Waals surface area contributed by atoms with Crippen molar-refractivity contribution in [2.24, 2.45) is 0 Å². The number of halogens is 1. The average Bonchev–Trinajstić information content (AvgIpc) is 2.65. The normalized spacial score (nSPS) is 13.5. The molecule has 0 spiro atoms. The highest BCUT2D eigenvalue weighted by atomic mass is 19.1. The van der Waals surface area contributed by atoms with Gasteiger partial charge in [-0.1, -0.05) is 6.07 Å². The Hall–Kier alpha value is -3.21. The molecule has 0 unspecified atom stereocenters. The van der Waals surface area contributed by atoms with Gasteiger partial charge in [-0.3, -0.25) is 0 Å². The van der Waals surface area contributed by atoms with Crippen LogP contribution in [0.4, 0.5) is 9.18 Å². The molecule has 0 atom stereocenters. The van der Waals surface area contributed by atoms with Crippen LogP contribution in [0.1, 0.15) is 43.2 Å². The van der Waals surface area contributed by atoms with Crippen LogP contribution in [-0.2, 0) is 24.3 Å². The minimum absolute atomic E-state index is 0.0634. The van der Waals surface area contributed by atoms with Crippen molar-refractivity contribution in [1.29, 1.82) is 5.26 Å². The Balaban J connectivity index is 1.67. The monoisotopic (exact) mass is 384 g/mol. The molecule has 1 aromatic heterocycles. The second kappa shape index (κ2) is 7.80. The Labute approximate surface area is 162 Å². The Bertz CT molecular complexity index is 934. The summed E-state index contributed by atoms with van der Waals surface area (Å²) in [4.78, 5) is 22.4. The zero-order chi connectivity index (χ0) is 20.3. The summed E-state index contributed by atoms with van der Waals surface area (Å²) in [6, 6.07) is 6.16. The van der Waals surface area contributed by atoms with Crippen LogP contribution in [0.2, 0.25) is 0 Å². The second-order valence-corrected chi connectivity index (χ2v) is 7.48. The van der Waals surface area contributed by atoms with E-state index in [0.29, 0.717) is 30.8 Å². The molecule has 1 aromatic carbocycles. The van der Waals surface area contributed by atoms with Crippen molar-refractivity contribution in [2.75, 3.05) is 6.54 Å². The molecular formula is C20H21FN4O3. The molecule has 1 amide bonds. The fourth-order valence-corrected chi connectivity index (χ4v) is 2.71. The zero-order valence-corrected chi connectivity index (χ0v) is 16.0. The molecule has 0 saturated heterocycles. The maximum absolute atomic E-state index is 14.0. The summed E-state index contributed by atoms with van der Waals surface area (Å²) in [5, 5.41) is 8.79. The third-order valence-electron chi connectivity index (χ3n) is 4.11. The van der Waals surface area contributed by atoms with Crippen molar-refractivity contribution in [3.8, 4) is 12.1 Å².